The third-order valence-electron chi connectivity index (χ3n) is 8.64. The maximum atomic E-state index is 2.51. The summed E-state index contributed by atoms with van der Waals surface area (Å²) < 4.78 is 0. The first-order valence-corrected chi connectivity index (χ1v) is 13.9. The van der Waals surface area contributed by atoms with Gasteiger partial charge < -0.3 is 0 Å². The highest BCUT2D eigenvalue weighted by molar-refractivity contribution is 5.90. The van der Waals surface area contributed by atoms with Gasteiger partial charge in [0.2, 0.25) is 0 Å². The third kappa shape index (κ3) is 4.68. The van der Waals surface area contributed by atoms with Crippen LogP contribution in [0.1, 0.15) is 74.9 Å². The number of hydrogen-bond acceptors (Lipinski definition) is 0. The minimum Gasteiger partial charge on any atom is -0.0588 e. The number of fused-ring (bicyclic) bond motifs is 3. The van der Waals surface area contributed by atoms with Gasteiger partial charge in [0, 0.05) is 0 Å². The third-order valence-corrected chi connectivity index (χ3v) is 8.64. The summed E-state index contributed by atoms with van der Waals surface area (Å²) in [6.45, 7) is 4.57. The molecular formula is C35H38. The van der Waals surface area contributed by atoms with Crippen LogP contribution in [0.2, 0.25) is 0 Å². The highest BCUT2D eigenvalue weighted by Crippen LogP contribution is 2.31. The number of benzene rings is 4. The molecule has 0 bridgehead atoms. The molecule has 0 heteroatoms. The van der Waals surface area contributed by atoms with Crippen molar-refractivity contribution in [1.29, 1.82) is 0 Å². The van der Waals surface area contributed by atoms with Crippen molar-refractivity contribution in [2.45, 2.75) is 84.5 Å². The number of aryl methyl sites for hydroxylation is 10. The van der Waals surface area contributed by atoms with Gasteiger partial charge in [-0.3, -0.25) is 0 Å². The molecule has 2 aliphatic rings. The fraction of sp³-hybridized carbons (Fsp3) is 0.371. The minimum atomic E-state index is 1.17. The van der Waals surface area contributed by atoms with E-state index in [0.717, 1.165) is 0 Å². The molecular weight excluding hydrogens is 420 g/mol. The lowest BCUT2D eigenvalue weighted by Gasteiger charge is -2.20. The monoisotopic (exact) mass is 458 g/mol. The Kier molecular flexibility index (Phi) is 6.23. The highest BCUT2D eigenvalue weighted by atomic mass is 14.2. The van der Waals surface area contributed by atoms with Gasteiger partial charge in [0.1, 0.15) is 0 Å². The molecule has 0 aromatic heterocycles. The molecule has 4 aromatic carbocycles. The van der Waals surface area contributed by atoms with Crippen LogP contribution in [0.15, 0.2) is 60.7 Å². The van der Waals surface area contributed by atoms with E-state index >= 15 is 0 Å². The normalized spacial score (nSPS) is 13.8. The minimum absolute atomic E-state index is 1.17. The Labute approximate surface area is 211 Å². The lowest BCUT2D eigenvalue weighted by molar-refractivity contribution is 0.731. The second-order valence-corrected chi connectivity index (χ2v) is 11.1. The Morgan fingerprint density at radius 3 is 1.77 bits per heavy atom. The zero-order valence-electron chi connectivity index (χ0n) is 21.6. The maximum Gasteiger partial charge on any atom is -0.0146 e. The first-order valence-electron chi connectivity index (χ1n) is 13.9. The summed E-state index contributed by atoms with van der Waals surface area (Å²) in [4.78, 5) is 0. The zero-order valence-corrected chi connectivity index (χ0v) is 21.6. The molecule has 0 N–H and O–H groups in total. The molecule has 0 radical (unpaired) electrons. The summed E-state index contributed by atoms with van der Waals surface area (Å²) in [6.07, 6.45) is 13.6. The van der Waals surface area contributed by atoms with Crippen molar-refractivity contribution in [2.24, 2.45) is 0 Å². The van der Waals surface area contributed by atoms with E-state index in [1.54, 1.807) is 33.4 Å². The Hall–Kier alpha value is -2.86. The van der Waals surface area contributed by atoms with Crippen LogP contribution in [-0.4, -0.2) is 0 Å². The summed E-state index contributed by atoms with van der Waals surface area (Å²) in [7, 11) is 0. The standard InChI is InChI=1S/C35H38/c1-24-10-19-34-33(9-5-7-27-12-14-29-16-18-31(29)23-27)25(2)21-32(35(34)20-24)8-4-3-6-26-11-13-28-15-17-30(28)22-26/h10-14,19-23H,3-9,15-18H2,1-2H3. The van der Waals surface area contributed by atoms with Gasteiger partial charge in [-0.15, -0.1) is 0 Å². The molecule has 0 fully saturated rings. The van der Waals surface area contributed by atoms with Crippen molar-refractivity contribution < 1.29 is 0 Å². The van der Waals surface area contributed by atoms with Crippen molar-refractivity contribution in [3.05, 3.63) is 116 Å². The Balaban J connectivity index is 1.13. The Morgan fingerprint density at radius 1 is 0.514 bits per heavy atom. The molecule has 4 aromatic rings. The van der Waals surface area contributed by atoms with Gasteiger partial charge in [-0.05, 0) is 145 Å². The van der Waals surface area contributed by atoms with Crippen LogP contribution in [0, 0.1) is 13.8 Å². The first-order chi connectivity index (χ1) is 17.1. The summed E-state index contributed by atoms with van der Waals surface area (Å²) >= 11 is 0. The quantitative estimate of drug-likeness (QED) is 0.221. The molecule has 0 unspecified atom stereocenters. The van der Waals surface area contributed by atoms with E-state index in [4.69, 9.17) is 0 Å². The Morgan fingerprint density at radius 2 is 1.14 bits per heavy atom. The van der Waals surface area contributed by atoms with E-state index in [9.17, 15) is 0 Å². The van der Waals surface area contributed by atoms with Gasteiger partial charge in [0.15, 0.2) is 0 Å². The maximum absolute atomic E-state index is 2.51. The van der Waals surface area contributed by atoms with Gasteiger partial charge in [-0.2, -0.15) is 0 Å². The molecule has 0 spiro atoms. The average Bonchev–Trinajstić information content (AvgIpc) is 2.81. The van der Waals surface area contributed by atoms with E-state index in [0.29, 0.717) is 0 Å². The van der Waals surface area contributed by atoms with Crippen molar-refractivity contribution in [1.82, 2.24) is 0 Å². The van der Waals surface area contributed by atoms with Crippen molar-refractivity contribution in [3.63, 3.8) is 0 Å². The molecule has 178 valence electrons. The molecule has 0 nitrogen and oxygen atoms in total. The predicted molar refractivity (Wildman–Crippen MR) is 150 cm³/mol. The van der Waals surface area contributed by atoms with Gasteiger partial charge in [-0.1, -0.05) is 66.2 Å². The summed E-state index contributed by atoms with van der Waals surface area (Å²) in [5, 5.41) is 2.98. The number of unbranched alkanes of at least 4 members (excludes halogenated alkanes) is 1. The fourth-order valence-corrected chi connectivity index (χ4v) is 6.29. The largest absolute Gasteiger partial charge is 0.0588 e. The summed E-state index contributed by atoms with van der Waals surface area (Å²) in [5.41, 5.74) is 15.3. The molecule has 0 amide bonds. The lowest BCUT2D eigenvalue weighted by atomic mass is 9.86. The van der Waals surface area contributed by atoms with Crippen LogP contribution in [0.3, 0.4) is 0 Å². The predicted octanol–water partition coefficient (Wildman–Crippen LogP) is 8.39. The van der Waals surface area contributed by atoms with E-state index in [-0.39, 0.29) is 0 Å². The van der Waals surface area contributed by atoms with Crippen molar-refractivity contribution in [2.75, 3.05) is 0 Å². The van der Waals surface area contributed by atoms with Crippen molar-refractivity contribution >= 4 is 10.8 Å². The lowest BCUT2D eigenvalue weighted by Crippen LogP contribution is -2.08. The second kappa shape index (κ2) is 9.65. The summed E-state index contributed by atoms with van der Waals surface area (Å²) in [5.74, 6) is 0. The zero-order chi connectivity index (χ0) is 23.8. The van der Waals surface area contributed by atoms with E-state index < -0.39 is 0 Å². The molecule has 2 aliphatic carbocycles. The van der Waals surface area contributed by atoms with Crippen LogP contribution in [0.5, 0.6) is 0 Å². The second-order valence-electron chi connectivity index (χ2n) is 11.1. The molecule has 0 heterocycles. The topological polar surface area (TPSA) is 0 Å². The molecule has 0 saturated heterocycles. The van der Waals surface area contributed by atoms with E-state index in [2.05, 4.69) is 74.5 Å². The van der Waals surface area contributed by atoms with Crippen LogP contribution < -0.4 is 0 Å². The van der Waals surface area contributed by atoms with Gasteiger partial charge >= 0.3 is 0 Å². The van der Waals surface area contributed by atoms with Gasteiger partial charge in [0.05, 0.1) is 0 Å². The van der Waals surface area contributed by atoms with Gasteiger partial charge in [-0.25, -0.2) is 0 Å². The molecule has 0 aliphatic heterocycles. The molecule has 0 atom stereocenters. The number of hydrogen-bond donors (Lipinski definition) is 0. The smallest absolute Gasteiger partial charge is 0.0146 e. The van der Waals surface area contributed by atoms with Crippen LogP contribution in [-0.2, 0) is 51.4 Å². The van der Waals surface area contributed by atoms with Crippen LogP contribution in [0.4, 0.5) is 0 Å². The average molecular weight is 459 g/mol. The van der Waals surface area contributed by atoms with Crippen LogP contribution >= 0.6 is 0 Å². The number of rotatable bonds is 9. The highest BCUT2D eigenvalue weighted by Gasteiger charge is 2.15. The molecule has 35 heavy (non-hydrogen) atoms. The van der Waals surface area contributed by atoms with E-state index in [1.165, 1.54) is 104 Å². The molecule has 0 saturated carbocycles. The van der Waals surface area contributed by atoms with Gasteiger partial charge in [0.25, 0.3) is 0 Å². The molecule has 6 rings (SSSR count). The first kappa shape index (κ1) is 22.6. The Bertz CT molecular complexity index is 1390. The van der Waals surface area contributed by atoms with Crippen LogP contribution in [0.25, 0.3) is 10.8 Å². The van der Waals surface area contributed by atoms with E-state index in [1.807, 2.05) is 0 Å². The van der Waals surface area contributed by atoms with Crippen molar-refractivity contribution in [3.8, 4) is 0 Å². The summed E-state index contributed by atoms with van der Waals surface area (Å²) in [6, 6.07) is 24.0. The fourth-order valence-electron chi connectivity index (χ4n) is 6.29. The SMILES string of the molecule is Cc1ccc2c(CCCc3ccc4c(c3)CC4)c(C)cc(CCCCc3ccc4c(c3)CC4)c2c1.